The van der Waals surface area contributed by atoms with Crippen LogP contribution >= 0.6 is 0 Å². The standard InChI is InChI=1S/C17H33NO3/c1-13(2)11-15(12-14(3)4)18-8-5-16(6-9-18)21-10-7-17(19)20/h13-16H,5-12H2,1-4H3,(H,19,20). The first-order valence-corrected chi connectivity index (χ1v) is 8.46. The number of hydrogen-bond acceptors (Lipinski definition) is 3. The number of nitrogens with zero attached hydrogens (tertiary/aromatic N) is 1. The first kappa shape index (κ1) is 18.4. The number of carboxylic acids is 1. The van der Waals surface area contributed by atoms with E-state index in [9.17, 15) is 4.79 Å². The Morgan fingerprint density at radius 2 is 1.67 bits per heavy atom. The van der Waals surface area contributed by atoms with Gasteiger partial charge in [0, 0.05) is 19.1 Å². The number of likely N-dealkylation sites (tertiary alicyclic amines) is 1. The summed E-state index contributed by atoms with van der Waals surface area (Å²) < 4.78 is 5.68. The van der Waals surface area contributed by atoms with Crippen molar-refractivity contribution in [1.29, 1.82) is 0 Å². The molecule has 0 amide bonds. The van der Waals surface area contributed by atoms with Crippen LogP contribution in [0.15, 0.2) is 0 Å². The number of carbonyl (C=O) groups is 1. The minimum absolute atomic E-state index is 0.115. The van der Waals surface area contributed by atoms with Crippen molar-refractivity contribution in [3.8, 4) is 0 Å². The van der Waals surface area contributed by atoms with E-state index in [2.05, 4.69) is 32.6 Å². The van der Waals surface area contributed by atoms with E-state index in [-0.39, 0.29) is 12.5 Å². The molecule has 0 aliphatic carbocycles. The second-order valence-corrected chi connectivity index (χ2v) is 7.16. The van der Waals surface area contributed by atoms with E-state index in [1.54, 1.807) is 0 Å². The van der Waals surface area contributed by atoms with Gasteiger partial charge in [-0.2, -0.15) is 0 Å². The number of rotatable bonds is 9. The van der Waals surface area contributed by atoms with Crippen molar-refractivity contribution in [3.05, 3.63) is 0 Å². The molecule has 124 valence electrons. The Morgan fingerprint density at radius 1 is 1.14 bits per heavy atom. The quantitative estimate of drug-likeness (QED) is 0.709. The zero-order valence-electron chi connectivity index (χ0n) is 14.2. The Morgan fingerprint density at radius 3 is 2.10 bits per heavy atom. The summed E-state index contributed by atoms with van der Waals surface area (Å²) in [7, 11) is 0. The summed E-state index contributed by atoms with van der Waals surface area (Å²) in [4.78, 5) is 13.1. The SMILES string of the molecule is CC(C)CC(CC(C)C)N1CCC(OCCC(=O)O)CC1. The first-order valence-electron chi connectivity index (χ1n) is 8.46. The zero-order valence-corrected chi connectivity index (χ0v) is 14.2. The number of carboxylic acid groups (broad SMARTS) is 1. The lowest BCUT2D eigenvalue weighted by molar-refractivity contribution is -0.138. The lowest BCUT2D eigenvalue weighted by atomic mass is 9.92. The van der Waals surface area contributed by atoms with Crippen LogP contribution in [0.5, 0.6) is 0 Å². The van der Waals surface area contributed by atoms with E-state index >= 15 is 0 Å². The average molecular weight is 299 g/mol. The minimum atomic E-state index is -0.777. The molecular weight excluding hydrogens is 266 g/mol. The van der Waals surface area contributed by atoms with E-state index in [0.717, 1.165) is 37.8 Å². The molecule has 0 bridgehead atoms. The molecular formula is C17H33NO3. The van der Waals surface area contributed by atoms with Gasteiger partial charge in [0.25, 0.3) is 0 Å². The largest absolute Gasteiger partial charge is 0.481 e. The highest BCUT2D eigenvalue weighted by molar-refractivity contribution is 5.66. The van der Waals surface area contributed by atoms with Gasteiger partial charge in [0.1, 0.15) is 0 Å². The lowest BCUT2D eigenvalue weighted by Crippen LogP contribution is -2.44. The Hall–Kier alpha value is -0.610. The molecule has 1 fully saturated rings. The van der Waals surface area contributed by atoms with Gasteiger partial charge in [0.2, 0.25) is 0 Å². The highest BCUT2D eigenvalue weighted by Crippen LogP contribution is 2.24. The zero-order chi connectivity index (χ0) is 15.8. The molecule has 1 saturated heterocycles. The molecule has 0 saturated carbocycles. The van der Waals surface area contributed by atoms with Gasteiger partial charge < -0.3 is 14.7 Å². The minimum Gasteiger partial charge on any atom is -0.481 e. The van der Waals surface area contributed by atoms with Crippen LogP contribution < -0.4 is 0 Å². The summed E-state index contributed by atoms with van der Waals surface area (Å²) in [5.74, 6) is 0.693. The van der Waals surface area contributed by atoms with Gasteiger partial charge in [-0.15, -0.1) is 0 Å². The van der Waals surface area contributed by atoms with Crippen molar-refractivity contribution in [2.24, 2.45) is 11.8 Å². The van der Waals surface area contributed by atoms with Crippen LogP contribution in [0.25, 0.3) is 0 Å². The first-order chi connectivity index (χ1) is 9.88. The summed E-state index contributed by atoms with van der Waals surface area (Å²) in [5.41, 5.74) is 0. The molecule has 0 spiro atoms. The van der Waals surface area contributed by atoms with Crippen molar-refractivity contribution < 1.29 is 14.6 Å². The smallest absolute Gasteiger partial charge is 0.305 e. The third-order valence-corrected chi connectivity index (χ3v) is 4.15. The molecule has 0 aromatic heterocycles. The Labute approximate surface area is 129 Å². The normalized spacial score (nSPS) is 18.0. The van der Waals surface area contributed by atoms with Crippen LogP contribution in [0, 0.1) is 11.8 Å². The highest BCUT2D eigenvalue weighted by Gasteiger charge is 2.26. The molecule has 0 aromatic carbocycles. The Bertz CT molecular complexity index is 286. The molecule has 0 radical (unpaired) electrons. The van der Waals surface area contributed by atoms with E-state index in [4.69, 9.17) is 9.84 Å². The topological polar surface area (TPSA) is 49.8 Å². The van der Waals surface area contributed by atoms with Gasteiger partial charge in [-0.25, -0.2) is 0 Å². The van der Waals surface area contributed by atoms with E-state index < -0.39 is 5.97 Å². The fourth-order valence-electron chi connectivity index (χ4n) is 3.20. The summed E-state index contributed by atoms with van der Waals surface area (Å²) in [5, 5.41) is 8.64. The van der Waals surface area contributed by atoms with Crippen molar-refractivity contribution in [1.82, 2.24) is 4.90 Å². The number of piperidine rings is 1. The Kier molecular flexibility index (Phi) is 8.27. The predicted molar refractivity (Wildman–Crippen MR) is 85.5 cm³/mol. The molecule has 4 nitrogen and oxygen atoms in total. The average Bonchev–Trinajstić information content (AvgIpc) is 2.37. The molecule has 1 rings (SSSR count). The molecule has 1 N–H and O–H groups in total. The van der Waals surface area contributed by atoms with Crippen LogP contribution in [0.2, 0.25) is 0 Å². The van der Waals surface area contributed by atoms with Crippen molar-refractivity contribution in [2.75, 3.05) is 19.7 Å². The molecule has 4 heteroatoms. The third kappa shape index (κ3) is 7.82. The second kappa shape index (κ2) is 9.42. The van der Waals surface area contributed by atoms with Crippen LogP contribution in [-0.4, -0.2) is 47.8 Å². The van der Waals surface area contributed by atoms with Crippen molar-refractivity contribution in [2.45, 2.75) is 71.9 Å². The summed E-state index contributed by atoms with van der Waals surface area (Å²) >= 11 is 0. The van der Waals surface area contributed by atoms with Gasteiger partial charge >= 0.3 is 5.97 Å². The molecule has 1 aliphatic heterocycles. The van der Waals surface area contributed by atoms with Gasteiger partial charge in [-0.05, 0) is 37.5 Å². The van der Waals surface area contributed by atoms with Crippen molar-refractivity contribution in [3.63, 3.8) is 0 Å². The van der Waals surface area contributed by atoms with Gasteiger partial charge in [-0.3, -0.25) is 4.79 Å². The number of aliphatic carboxylic acids is 1. The van der Waals surface area contributed by atoms with Crippen LogP contribution in [-0.2, 0) is 9.53 Å². The van der Waals surface area contributed by atoms with E-state index in [1.165, 1.54) is 12.8 Å². The highest BCUT2D eigenvalue weighted by atomic mass is 16.5. The summed E-state index contributed by atoms with van der Waals surface area (Å²) in [6, 6.07) is 0.685. The monoisotopic (exact) mass is 299 g/mol. The molecule has 0 unspecified atom stereocenters. The molecule has 0 atom stereocenters. The van der Waals surface area contributed by atoms with Gasteiger partial charge in [0.15, 0.2) is 0 Å². The summed E-state index contributed by atoms with van der Waals surface area (Å²) in [6.45, 7) is 11.7. The fourth-order valence-corrected chi connectivity index (χ4v) is 3.20. The summed E-state index contributed by atoms with van der Waals surface area (Å²) in [6.07, 6.45) is 4.97. The van der Waals surface area contributed by atoms with Crippen LogP contribution in [0.4, 0.5) is 0 Å². The molecule has 0 aromatic rings. The number of hydrogen-bond donors (Lipinski definition) is 1. The van der Waals surface area contributed by atoms with E-state index in [1.807, 2.05) is 0 Å². The number of ether oxygens (including phenoxy) is 1. The molecule has 1 aliphatic rings. The van der Waals surface area contributed by atoms with Crippen LogP contribution in [0.3, 0.4) is 0 Å². The third-order valence-electron chi connectivity index (χ3n) is 4.15. The van der Waals surface area contributed by atoms with Crippen LogP contribution in [0.1, 0.15) is 59.8 Å². The van der Waals surface area contributed by atoms with Crippen molar-refractivity contribution >= 4 is 5.97 Å². The second-order valence-electron chi connectivity index (χ2n) is 7.16. The molecule has 21 heavy (non-hydrogen) atoms. The van der Waals surface area contributed by atoms with Gasteiger partial charge in [-0.1, -0.05) is 27.7 Å². The maximum atomic E-state index is 10.5. The maximum absolute atomic E-state index is 10.5. The fraction of sp³-hybridized carbons (Fsp3) is 0.941. The Balaban J connectivity index is 2.35. The lowest BCUT2D eigenvalue weighted by Gasteiger charge is -2.39. The van der Waals surface area contributed by atoms with E-state index in [0.29, 0.717) is 12.6 Å². The van der Waals surface area contributed by atoms with Gasteiger partial charge in [0.05, 0.1) is 19.1 Å². The predicted octanol–water partition coefficient (Wildman–Crippen LogP) is 3.40. The maximum Gasteiger partial charge on any atom is 0.305 e. The molecule has 1 heterocycles.